The number of amides is 2. The number of carbonyl (C=O) groups is 2. The van der Waals surface area contributed by atoms with Gasteiger partial charge < -0.3 is 11.5 Å². The zero-order valence-corrected chi connectivity index (χ0v) is 29.2. The number of H-pyrrole nitrogens is 1. The van der Waals surface area contributed by atoms with Crippen LogP contribution < -0.4 is 11.5 Å². The molecule has 12 nitrogen and oxygen atoms in total. The monoisotopic (exact) mass is 686 g/mol. The molecule has 2 aromatic heterocycles. The van der Waals surface area contributed by atoms with Crippen LogP contribution in [0.5, 0.6) is 0 Å². The summed E-state index contributed by atoms with van der Waals surface area (Å²) in [6.45, 7) is 1.90. The number of likely N-dealkylation sites (N-methyl/N-ethyl adjacent to an activating group) is 2. The van der Waals surface area contributed by atoms with Gasteiger partial charge in [0.1, 0.15) is 0 Å². The highest BCUT2D eigenvalue weighted by molar-refractivity contribution is 7.90. The van der Waals surface area contributed by atoms with Crippen molar-refractivity contribution in [1.29, 1.82) is 0 Å². The Labute approximate surface area is 283 Å². The number of aryl methyl sites for hydroxylation is 1. The van der Waals surface area contributed by atoms with Gasteiger partial charge in [0.25, 0.3) is 10.0 Å². The highest BCUT2D eigenvalue weighted by atomic mass is 32.2. The lowest BCUT2D eigenvalue weighted by atomic mass is 10.0. The minimum absolute atomic E-state index is 0. The molecule has 0 radical (unpaired) electrons. The first kappa shape index (κ1) is 38.3. The minimum atomic E-state index is -3.78. The second-order valence-electron chi connectivity index (χ2n) is 11.2. The summed E-state index contributed by atoms with van der Waals surface area (Å²) in [6, 6.07) is 17.2. The summed E-state index contributed by atoms with van der Waals surface area (Å²) < 4.78 is 26.8. The van der Waals surface area contributed by atoms with Crippen LogP contribution in [0.15, 0.2) is 78.0 Å². The minimum Gasteiger partial charge on any atom is -0.368 e. The van der Waals surface area contributed by atoms with Crippen LogP contribution in [0.3, 0.4) is 0 Å². The first-order chi connectivity index (χ1) is 20.8. The van der Waals surface area contributed by atoms with Gasteiger partial charge in [0.2, 0.25) is 11.8 Å². The smallest absolute Gasteiger partial charge is 0.283 e. The van der Waals surface area contributed by atoms with Gasteiger partial charge in [-0.1, -0.05) is 29.8 Å². The van der Waals surface area contributed by atoms with Crippen LogP contribution >= 0.6 is 27.0 Å². The molecule has 0 bridgehead atoms. The molecule has 2 amide bonds. The molecular weight excluding hydrogens is 645 g/mol. The third-order valence-corrected chi connectivity index (χ3v) is 9.03. The predicted molar refractivity (Wildman–Crippen MR) is 191 cm³/mol. The summed E-state index contributed by atoms with van der Waals surface area (Å²) in [4.78, 5) is 26.7. The van der Waals surface area contributed by atoms with E-state index in [2.05, 4.69) is 15.3 Å². The standard InChI is InChI=1S/C19H22N4O3S.C12H16N4O.2H2S/c1-13-4-7-16(8-5-13)27(25,26)23-17-9-6-14(10-15(17)12-21-23)11-18(19(20)24)22(2)3;1-16(2)11(12(13)17)6-8-3-4-10-9(5-8)7-14-15-10;;/h4-10,12,18H,11H2,1-3H3,(H2,20,24);3-5,7,11H,6H2,1-2H3,(H2,13,17)(H,14,15);2*1H2/t18-;11-;;/m00../s1. The van der Waals surface area contributed by atoms with Gasteiger partial charge in [-0.2, -0.15) is 49.7 Å². The zero-order chi connectivity index (χ0) is 32.2. The normalized spacial score (nSPS) is 12.6. The highest BCUT2D eigenvalue weighted by Crippen LogP contribution is 2.23. The van der Waals surface area contributed by atoms with E-state index in [4.69, 9.17) is 11.5 Å². The number of aromatic amines is 1. The molecule has 15 heteroatoms. The Morgan fingerprint density at radius 2 is 1.33 bits per heavy atom. The third-order valence-electron chi connectivity index (χ3n) is 7.41. The van der Waals surface area contributed by atoms with Gasteiger partial charge in [-0.25, -0.2) is 0 Å². The van der Waals surface area contributed by atoms with Crippen molar-refractivity contribution in [1.82, 2.24) is 29.2 Å². The van der Waals surface area contributed by atoms with E-state index < -0.39 is 22.0 Å². The molecule has 5 aromatic rings. The molecule has 5 rings (SSSR count). The Balaban J connectivity index is 0.000000336. The Morgan fingerprint density at radius 3 is 1.85 bits per heavy atom. The molecule has 5 N–H and O–H groups in total. The molecule has 0 saturated carbocycles. The van der Waals surface area contributed by atoms with Gasteiger partial charge in [0, 0.05) is 10.8 Å². The lowest BCUT2D eigenvalue weighted by Gasteiger charge is -2.21. The number of fused-ring (bicyclic) bond motifs is 2. The second-order valence-corrected chi connectivity index (χ2v) is 12.9. The zero-order valence-electron chi connectivity index (χ0n) is 26.4. The van der Waals surface area contributed by atoms with Gasteiger partial charge in [0.15, 0.2) is 0 Å². The largest absolute Gasteiger partial charge is 0.368 e. The number of aromatic nitrogens is 4. The topological polar surface area (TPSA) is 173 Å². The number of hydrogen-bond donors (Lipinski definition) is 3. The van der Waals surface area contributed by atoms with Crippen LogP contribution in [0.2, 0.25) is 0 Å². The van der Waals surface area contributed by atoms with E-state index in [1.807, 2.05) is 50.2 Å². The summed E-state index contributed by atoms with van der Waals surface area (Å²) in [6.07, 6.45) is 4.34. The number of nitrogens with two attached hydrogens (primary N) is 2. The molecule has 0 aliphatic heterocycles. The molecule has 0 unspecified atom stereocenters. The fourth-order valence-corrected chi connectivity index (χ4v) is 6.10. The second kappa shape index (κ2) is 16.1. The summed E-state index contributed by atoms with van der Waals surface area (Å²) in [5.74, 6) is -0.708. The lowest BCUT2D eigenvalue weighted by Crippen LogP contribution is -2.41. The van der Waals surface area contributed by atoms with Crippen molar-refractivity contribution in [2.75, 3.05) is 28.2 Å². The van der Waals surface area contributed by atoms with E-state index in [0.29, 0.717) is 23.7 Å². The van der Waals surface area contributed by atoms with Crippen LogP contribution in [0.4, 0.5) is 0 Å². The fourth-order valence-electron chi connectivity index (χ4n) is 4.83. The van der Waals surface area contributed by atoms with Crippen LogP contribution in [0.1, 0.15) is 16.7 Å². The number of nitrogens with one attached hydrogen (secondary N) is 1. The number of rotatable bonds is 10. The quantitative estimate of drug-likeness (QED) is 0.201. The van der Waals surface area contributed by atoms with Gasteiger partial charge in [-0.05, 0) is 95.5 Å². The van der Waals surface area contributed by atoms with Gasteiger partial charge in [0.05, 0.1) is 40.4 Å². The van der Waals surface area contributed by atoms with Gasteiger partial charge in [-0.3, -0.25) is 24.5 Å². The van der Waals surface area contributed by atoms with Crippen molar-refractivity contribution in [3.63, 3.8) is 0 Å². The van der Waals surface area contributed by atoms with Crippen molar-refractivity contribution in [3.05, 3.63) is 89.7 Å². The van der Waals surface area contributed by atoms with E-state index >= 15 is 0 Å². The predicted octanol–water partition coefficient (Wildman–Crippen LogP) is 2.29. The van der Waals surface area contributed by atoms with Crippen LogP contribution in [0, 0.1) is 6.92 Å². The van der Waals surface area contributed by atoms with E-state index in [-0.39, 0.29) is 43.8 Å². The highest BCUT2D eigenvalue weighted by Gasteiger charge is 2.22. The molecule has 3 aromatic carbocycles. The molecule has 2 atom stereocenters. The number of primary amides is 2. The molecule has 0 spiro atoms. The van der Waals surface area contributed by atoms with Crippen molar-refractivity contribution < 1.29 is 18.0 Å². The summed E-state index contributed by atoms with van der Waals surface area (Å²) in [7, 11) is 3.51. The molecule has 46 heavy (non-hydrogen) atoms. The maximum atomic E-state index is 12.9. The summed E-state index contributed by atoms with van der Waals surface area (Å²) in [5, 5.41) is 12.7. The first-order valence-corrected chi connectivity index (χ1v) is 15.3. The SMILES string of the molecule is CN(C)[C@@H](Cc1ccc2[nH]ncc2c1)C(N)=O.Cc1ccc(S(=O)(=O)n2ncc3cc(C[C@@H](C(N)=O)N(C)C)ccc32)cc1.S.S. The number of carbonyl (C=O) groups excluding carboxylic acids is 2. The van der Waals surface area contributed by atoms with Crippen LogP contribution in [-0.2, 0) is 32.5 Å². The van der Waals surface area contributed by atoms with E-state index in [0.717, 1.165) is 31.7 Å². The molecule has 0 saturated heterocycles. The third kappa shape index (κ3) is 8.88. The maximum Gasteiger partial charge on any atom is 0.283 e. The van der Waals surface area contributed by atoms with E-state index in [9.17, 15) is 18.0 Å². The van der Waals surface area contributed by atoms with Crippen molar-refractivity contribution in [2.24, 2.45) is 11.5 Å². The molecule has 0 fully saturated rings. The molecule has 0 aliphatic carbocycles. The Kier molecular flexibility index (Phi) is 13.4. The summed E-state index contributed by atoms with van der Waals surface area (Å²) >= 11 is 0. The maximum absolute atomic E-state index is 12.9. The van der Waals surface area contributed by atoms with Crippen molar-refractivity contribution >= 4 is 70.6 Å². The molecule has 0 aliphatic rings. The van der Waals surface area contributed by atoms with Gasteiger partial charge >= 0.3 is 0 Å². The first-order valence-electron chi connectivity index (χ1n) is 13.9. The molecule has 248 valence electrons. The number of hydrogen-bond acceptors (Lipinski definition) is 8. The molecule has 2 heterocycles. The Morgan fingerprint density at radius 1 is 0.804 bits per heavy atom. The van der Waals surface area contributed by atoms with E-state index in [1.165, 1.54) is 6.20 Å². The number of nitrogens with zero attached hydrogens (tertiary/aromatic N) is 5. The van der Waals surface area contributed by atoms with Crippen molar-refractivity contribution in [3.8, 4) is 0 Å². The Hall–Kier alpha value is -3.89. The lowest BCUT2D eigenvalue weighted by molar-refractivity contribution is -0.123. The van der Waals surface area contributed by atoms with Crippen LogP contribution in [0.25, 0.3) is 21.8 Å². The van der Waals surface area contributed by atoms with Crippen molar-refractivity contribution in [2.45, 2.75) is 36.7 Å². The van der Waals surface area contributed by atoms with Gasteiger partial charge in [-0.15, -0.1) is 0 Å². The van der Waals surface area contributed by atoms with E-state index in [1.54, 1.807) is 61.6 Å². The number of benzene rings is 3. The average Bonchev–Trinajstić information content (AvgIpc) is 3.61. The molecular formula is C31H42N8O4S3. The summed E-state index contributed by atoms with van der Waals surface area (Å²) in [5.41, 5.74) is 15.3. The average molecular weight is 687 g/mol. The Bertz CT molecular complexity index is 1890. The van der Waals surface area contributed by atoms with Crippen LogP contribution in [-0.4, -0.2) is 89.7 Å². The fraction of sp³-hybridized carbons (Fsp3) is 0.290.